The fourth-order valence-electron chi connectivity index (χ4n) is 5.26. The Labute approximate surface area is 223 Å². The molecule has 1 N–H and O–H groups in total. The van der Waals surface area contributed by atoms with Gasteiger partial charge in [-0.3, -0.25) is 4.79 Å². The van der Waals surface area contributed by atoms with Crippen LogP contribution in [0.3, 0.4) is 0 Å². The number of aromatic nitrogens is 7. The van der Waals surface area contributed by atoms with Crippen LogP contribution in [0.15, 0.2) is 72.2 Å². The zero-order valence-corrected chi connectivity index (χ0v) is 21.6. The van der Waals surface area contributed by atoms with Gasteiger partial charge in [-0.1, -0.05) is 12.1 Å². The van der Waals surface area contributed by atoms with Crippen molar-refractivity contribution in [1.29, 1.82) is 0 Å². The van der Waals surface area contributed by atoms with Crippen LogP contribution in [-0.4, -0.2) is 72.2 Å². The highest BCUT2D eigenvalue weighted by molar-refractivity contribution is 5.95. The molecule has 4 aromatic heterocycles. The summed E-state index contributed by atoms with van der Waals surface area (Å²) >= 11 is 0. The molecule has 1 fully saturated rings. The average molecular weight is 519 g/mol. The third-order valence-electron chi connectivity index (χ3n) is 7.27. The molecule has 6 aromatic rings. The van der Waals surface area contributed by atoms with Crippen LogP contribution in [-0.2, 0) is 0 Å². The largest absolute Gasteiger partial charge is 0.369 e. The smallest absolute Gasteiger partial charge is 0.284 e. The van der Waals surface area contributed by atoms with Gasteiger partial charge < -0.3 is 15.1 Å². The summed E-state index contributed by atoms with van der Waals surface area (Å²) in [7, 11) is 2.16. The number of hydrogen-bond donors (Lipinski definition) is 1. The number of benzene rings is 2. The SMILES string of the molecule is Cc1cc(Nc2ncc3c(=O)n4c(nc3n2)c2ccccc2n4-c2cncnc2)ccc1N1CCN(C)CC1. The first-order valence-corrected chi connectivity index (χ1v) is 12.8. The standard InChI is InChI=1S/C28H26N10O/c1-18-13-19(7-8-23(18)36-11-9-35(2)10-12-36)32-28-31-16-22-25(34-28)33-26-21-5-3-4-6-24(21)37(38(26)27(22)39)20-14-29-17-30-15-20/h3-8,13-17H,9-12H2,1-2H3,(H,31,32,34). The number of piperazine rings is 1. The molecule has 0 saturated carbocycles. The number of likely N-dealkylation sites (N-methyl/N-ethyl adjacent to an activating group) is 1. The lowest BCUT2D eigenvalue weighted by Gasteiger charge is -2.35. The van der Waals surface area contributed by atoms with Crippen molar-refractivity contribution in [2.45, 2.75) is 6.92 Å². The lowest BCUT2D eigenvalue weighted by atomic mass is 10.1. The molecular formula is C28H26N10O. The van der Waals surface area contributed by atoms with E-state index in [0.29, 0.717) is 28.3 Å². The molecule has 0 radical (unpaired) electrons. The number of rotatable bonds is 4. The number of fused-ring (bicyclic) bond motifs is 4. The van der Waals surface area contributed by atoms with Gasteiger partial charge in [0.2, 0.25) is 5.95 Å². The summed E-state index contributed by atoms with van der Waals surface area (Å²) in [5, 5.41) is 4.43. The highest BCUT2D eigenvalue weighted by Gasteiger charge is 2.19. The summed E-state index contributed by atoms with van der Waals surface area (Å²) in [5.74, 6) is 0.380. The minimum atomic E-state index is -0.269. The van der Waals surface area contributed by atoms with Crippen molar-refractivity contribution < 1.29 is 0 Å². The van der Waals surface area contributed by atoms with Crippen LogP contribution >= 0.6 is 0 Å². The maximum Gasteiger partial charge on any atom is 0.284 e. The van der Waals surface area contributed by atoms with Gasteiger partial charge in [-0.2, -0.15) is 9.50 Å². The number of nitrogens with one attached hydrogen (secondary N) is 1. The van der Waals surface area contributed by atoms with Crippen LogP contribution in [0.5, 0.6) is 0 Å². The summed E-state index contributed by atoms with van der Waals surface area (Å²) < 4.78 is 3.30. The topological polar surface area (TPSA) is 109 Å². The first-order chi connectivity index (χ1) is 19.1. The molecule has 0 atom stereocenters. The molecule has 11 heteroatoms. The number of anilines is 3. The Morgan fingerprint density at radius 1 is 0.897 bits per heavy atom. The summed E-state index contributed by atoms with van der Waals surface area (Å²) in [6.07, 6.45) is 6.31. The summed E-state index contributed by atoms with van der Waals surface area (Å²) in [4.78, 5) is 40.7. The Hall–Kier alpha value is -4.90. The van der Waals surface area contributed by atoms with Crippen LogP contribution in [0, 0.1) is 6.92 Å². The highest BCUT2D eigenvalue weighted by atomic mass is 16.1. The van der Waals surface area contributed by atoms with E-state index in [2.05, 4.69) is 61.2 Å². The Morgan fingerprint density at radius 3 is 2.49 bits per heavy atom. The maximum absolute atomic E-state index is 13.7. The fraction of sp³-hybridized carbons (Fsp3) is 0.214. The molecule has 7 rings (SSSR count). The van der Waals surface area contributed by atoms with Gasteiger partial charge in [-0.15, -0.1) is 0 Å². The molecular weight excluding hydrogens is 492 g/mol. The van der Waals surface area contributed by atoms with Gasteiger partial charge in [0.1, 0.15) is 17.4 Å². The van der Waals surface area contributed by atoms with Gasteiger partial charge in [0, 0.05) is 49.1 Å². The predicted octanol–water partition coefficient (Wildman–Crippen LogP) is 3.18. The average Bonchev–Trinajstić information content (AvgIpc) is 3.29. The maximum atomic E-state index is 13.7. The molecule has 194 valence electrons. The van der Waals surface area contributed by atoms with E-state index in [-0.39, 0.29) is 5.56 Å². The molecule has 0 amide bonds. The predicted molar refractivity (Wildman–Crippen MR) is 151 cm³/mol. The first-order valence-electron chi connectivity index (χ1n) is 12.8. The van der Waals surface area contributed by atoms with Crippen molar-refractivity contribution >= 4 is 44.9 Å². The summed E-state index contributed by atoms with van der Waals surface area (Å²) in [6.45, 7) is 6.26. The number of nitrogens with zero attached hydrogens (tertiary/aromatic N) is 9. The van der Waals surface area contributed by atoms with Crippen molar-refractivity contribution in [2.75, 3.05) is 43.4 Å². The minimum Gasteiger partial charge on any atom is -0.369 e. The van der Waals surface area contributed by atoms with Crippen LogP contribution < -0.4 is 15.8 Å². The Bertz CT molecular complexity index is 1910. The third kappa shape index (κ3) is 3.94. The Kier molecular flexibility index (Phi) is 5.44. The Morgan fingerprint density at radius 2 is 1.69 bits per heavy atom. The quantitative estimate of drug-likeness (QED) is 0.376. The first kappa shape index (κ1) is 23.2. The van der Waals surface area contributed by atoms with Gasteiger partial charge >= 0.3 is 0 Å². The van der Waals surface area contributed by atoms with Crippen molar-refractivity contribution in [2.24, 2.45) is 0 Å². The highest BCUT2D eigenvalue weighted by Crippen LogP contribution is 2.27. The van der Waals surface area contributed by atoms with Gasteiger partial charge in [0.15, 0.2) is 11.3 Å². The minimum absolute atomic E-state index is 0.269. The van der Waals surface area contributed by atoms with Gasteiger partial charge in [0.25, 0.3) is 5.56 Å². The Balaban J connectivity index is 1.29. The lowest BCUT2D eigenvalue weighted by Crippen LogP contribution is -2.44. The second kappa shape index (κ2) is 9.14. The number of para-hydroxylation sites is 1. The third-order valence-corrected chi connectivity index (χ3v) is 7.27. The van der Waals surface area contributed by atoms with Crippen molar-refractivity contribution in [3.8, 4) is 5.69 Å². The number of aryl methyl sites for hydroxylation is 1. The molecule has 39 heavy (non-hydrogen) atoms. The van der Waals surface area contributed by atoms with E-state index in [1.807, 2.05) is 30.3 Å². The molecule has 0 spiro atoms. The van der Waals surface area contributed by atoms with Crippen LogP contribution in [0.2, 0.25) is 0 Å². The van der Waals surface area contributed by atoms with Crippen LogP contribution in [0.25, 0.3) is 33.3 Å². The van der Waals surface area contributed by atoms with E-state index < -0.39 is 0 Å². The van der Waals surface area contributed by atoms with Crippen molar-refractivity contribution in [1.82, 2.24) is 39.0 Å². The monoisotopic (exact) mass is 518 g/mol. The second-order valence-corrected chi connectivity index (χ2v) is 9.83. The molecule has 1 saturated heterocycles. The van der Waals surface area contributed by atoms with E-state index in [1.54, 1.807) is 17.1 Å². The summed E-state index contributed by atoms with van der Waals surface area (Å²) in [5.41, 5.74) is 5.33. The molecule has 5 heterocycles. The van der Waals surface area contributed by atoms with Crippen LogP contribution in [0.4, 0.5) is 17.3 Å². The van der Waals surface area contributed by atoms with Gasteiger partial charge in [-0.05, 0) is 49.9 Å². The van der Waals surface area contributed by atoms with E-state index in [1.165, 1.54) is 28.3 Å². The molecule has 1 aliphatic heterocycles. The molecule has 2 aromatic carbocycles. The van der Waals surface area contributed by atoms with Gasteiger partial charge in [-0.25, -0.2) is 24.6 Å². The number of hydrogen-bond acceptors (Lipinski definition) is 9. The van der Waals surface area contributed by atoms with E-state index in [4.69, 9.17) is 4.98 Å². The lowest BCUT2D eigenvalue weighted by molar-refractivity contribution is 0.312. The normalized spacial score (nSPS) is 14.5. The molecule has 0 unspecified atom stereocenters. The van der Waals surface area contributed by atoms with Crippen molar-refractivity contribution in [3.05, 3.63) is 83.3 Å². The molecule has 1 aliphatic rings. The molecule has 0 bridgehead atoms. The zero-order chi connectivity index (χ0) is 26.5. The fourth-order valence-corrected chi connectivity index (χ4v) is 5.26. The van der Waals surface area contributed by atoms with Crippen LogP contribution in [0.1, 0.15) is 5.56 Å². The second-order valence-electron chi connectivity index (χ2n) is 9.83. The molecule has 11 nitrogen and oxygen atoms in total. The van der Waals surface area contributed by atoms with E-state index >= 15 is 0 Å². The van der Waals surface area contributed by atoms with Crippen molar-refractivity contribution in [3.63, 3.8) is 0 Å². The van der Waals surface area contributed by atoms with E-state index in [0.717, 1.165) is 42.8 Å². The summed E-state index contributed by atoms with van der Waals surface area (Å²) in [6, 6.07) is 14.0. The van der Waals surface area contributed by atoms with E-state index in [9.17, 15) is 4.79 Å². The molecule has 0 aliphatic carbocycles. The van der Waals surface area contributed by atoms with Gasteiger partial charge in [0.05, 0.1) is 17.9 Å². The zero-order valence-electron chi connectivity index (χ0n) is 21.6.